The summed E-state index contributed by atoms with van der Waals surface area (Å²) in [5.74, 6) is -1.04. The third kappa shape index (κ3) is 7.01. The Morgan fingerprint density at radius 3 is 1.75 bits per heavy atom. The molecule has 0 bridgehead atoms. The number of likely N-dealkylation sites (N-methyl/N-ethyl adjacent to an activating group) is 1. The van der Waals surface area contributed by atoms with Gasteiger partial charge in [0.1, 0.15) is 0 Å². The molecule has 2 aromatic carbocycles. The summed E-state index contributed by atoms with van der Waals surface area (Å²) in [5, 5.41) is 26.6. The van der Waals surface area contributed by atoms with Crippen LogP contribution in [-0.4, -0.2) is 77.7 Å². The van der Waals surface area contributed by atoms with E-state index in [1.807, 2.05) is 11.9 Å². The number of rotatable bonds is 6. The topological polar surface area (TPSA) is 102 Å². The van der Waals surface area contributed by atoms with E-state index in [0.29, 0.717) is 51.8 Å². The molecule has 8 nitrogen and oxygen atoms in total. The molecule has 0 radical (unpaired) electrons. The summed E-state index contributed by atoms with van der Waals surface area (Å²) in [6, 6.07) is 2.93. The van der Waals surface area contributed by atoms with Crippen molar-refractivity contribution in [3.8, 4) is 11.5 Å². The number of nitrogens with one attached hydrogen (secondary N) is 2. The highest BCUT2D eigenvalue weighted by Crippen LogP contribution is 2.39. The summed E-state index contributed by atoms with van der Waals surface area (Å²) in [5.41, 5.74) is 1.39. The molecular weight excluding hydrogens is 574 g/mol. The molecule has 0 unspecified atom stereocenters. The van der Waals surface area contributed by atoms with Gasteiger partial charge in [-0.25, -0.2) is 0 Å². The summed E-state index contributed by atoms with van der Waals surface area (Å²) in [6.07, 6.45) is 0. The standard InChI is InChI=1S/C23H26Cl4N4O4.ClH/c1-12-14(24)8-16(22(34)20(12)26)28-18(32)10-30-4-6-31(3,7-5-30)11-19(33)29-17-9-15(25)13(2)21(27)23(17)35;/h8-9H,4-7,10-11H2,1-3H3,(H3-,28,29,32,33,34,35);1H. The third-order valence-corrected chi connectivity index (χ3v) is 7.91. The van der Waals surface area contributed by atoms with Crippen LogP contribution in [-0.2, 0) is 9.59 Å². The van der Waals surface area contributed by atoms with Crippen molar-refractivity contribution in [3.05, 3.63) is 43.4 Å². The number of quaternary nitrogens is 1. The van der Waals surface area contributed by atoms with Crippen LogP contribution in [0.3, 0.4) is 0 Å². The second kappa shape index (κ2) is 12.3. The Kier molecular flexibility index (Phi) is 10.4. The summed E-state index contributed by atoms with van der Waals surface area (Å²) in [6.45, 7) is 6.09. The number of anilines is 2. The second-order valence-corrected chi connectivity index (χ2v) is 10.6. The molecule has 36 heavy (non-hydrogen) atoms. The van der Waals surface area contributed by atoms with Gasteiger partial charge in [0.05, 0.1) is 48.1 Å². The number of nitrogens with zero attached hydrogens (tertiary/aromatic N) is 2. The number of halogens is 5. The minimum atomic E-state index is -0.311. The van der Waals surface area contributed by atoms with E-state index in [0.717, 1.165) is 0 Å². The zero-order valence-electron chi connectivity index (χ0n) is 19.9. The van der Waals surface area contributed by atoms with Gasteiger partial charge >= 0.3 is 0 Å². The average molecular weight is 601 g/mol. The van der Waals surface area contributed by atoms with Gasteiger partial charge in [-0.15, -0.1) is 0 Å². The van der Waals surface area contributed by atoms with Gasteiger partial charge in [0, 0.05) is 23.1 Å². The minimum absolute atomic E-state index is 0. The van der Waals surface area contributed by atoms with E-state index in [1.54, 1.807) is 13.8 Å². The summed E-state index contributed by atoms with van der Waals surface area (Å²) in [7, 11) is 1.96. The third-order valence-electron chi connectivity index (χ3n) is 6.20. The molecule has 1 aliphatic rings. The first-order valence-electron chi connectivity index (χ1n) is 10.8. The van der Waals surface area contributed by atoms with Crippen molar-refractivity contribution in [1.82, 2.24) is 4.90 Å². The molecule has 1 fully saturated rings. The lowest BCUT2D eigenvalue weighted by atomic mass is 10.2. The number of carbonyl (C=O) groups is 2. The molecule has 0 aliphatic carbocycles. The largest absolute Gasteiger partial charge is 1.00 e. The van der Waals surface area contributed by atoms with Gasteiger partial charge in [-0.05, 0) is 37.1 Å². The second-order valence-electron chi connectivity index (χ2n) is 8.98. The highest BCUT2D eigenvalue weighted by molar-refractivity contribution is 6.38. The number of phenolic OH excluding ortho intramolecular Hbond substituents is 2. The highest BCUT2D eigenvalue weighted by Gasteiger charge is 2.32. The van der Waals surface area contributed by atoms with Crippen LogP contribution >= 0.6 is 46.4 Å². The Balaban J connectivity index is 0.00000456. The first-order valence-corrected chi connectivity index (χ1v) is 12.3. The summed E-state index contributed by atoms with van der Waals surface area (Å²) < 4.78 is 0.460. The van der Waals surface area contributed by atoms with Crippen molar-refractivity contribution in [1.29, 1.82) is 0 Å². The Hall–Kier alpha value is -1.65. The molecule has 4 N–H and O–H groups in total. The van der Waals surface area contributed by atoms with E-state index >= 15 is 0 Å². The fraction of sp³-hybridized carbons (Fsp3) is 0.391. The Bertz CT molecular complexity index is 1170. The lowest BCUT2D eigenvalue weighted by molar-refractivity contribution is -0.905. The lowest BCUT2D eigenvalue weighted by Gasteiger charge is -2.41. The molecule has 13 heteroatoms. The highest BCUT2D eigenvalue weighted by atomic mass is 35.5. The fourth-order valence-electron chi connectivity index (χ4n) is 3.83. The van der Waals surface area contributed by atoms with Crippen molar-refractivity contribution in [2.24, 2.45) is 0 Å². The molecule has 0 atom stereocenters. The van der Waals surface area contributed by atoms with Gasteiger partial charge < -0.3 is 37.7 Å². The number of hydrogen-bond acceptors (Lipinski definition) is 5. The Morgan fingerprint density at radius 1 is 0.889 bits per heavy atom. The zero-order chi connectivity index (χ0) is 26.1. The van der Waals surface area contributed by atoms with Crippen molar-refractivity contribution in [2.75, 3.05) is 56.9 Å². The summed E-state index contributed by atoms with van der Waals surface area (Å²) in [4.78, 5) is 27.2. The van der Waals surface area contributed by atoms with Crippen LogP contribution in [0, 0.1) is 13.8 Å². The normalized spacial score (nSPS) is 15.2. The van der Waals surface area contributed by atoms with Crippen molar-refractivity contribution < 1.29 is 36.7 Å². The van der Waals surface area contributed by atoms with Crippen LogP contribution in [0.2, 0.25) is 20.1 Å². The van der Waals surface area contributed by atoms with Crippen molar-refractivity contribution in [3.63, 3.8) is 0 Å². The van der Waals surface area contributed by atoms with E-state index in [-0.39, 0.29) is 70.2 Å². The number of aromatic hydroxyl groups is 2. The summed E-state index contributed by atoms with van der Waals surface area (Å²) >= 11 is 24.4. The van der Waals surface area contributed by atoms with Gasteiger partial charge in [0.2, 0.25) is 5.91 Å². The molecule has 0 spiro atoms. The number of amides is 2. The maximum Gasteiger partial charge on any atom is 0.279 e. The molecule has 0 saturated carbocycles. The number of hydrogen-bond donors (Lipinski definition) is 4. The van der Waals surface area contributed by atoms with Crippen LogP contribution in [0.1, 0.15) is 11.1 Å². The van der Waals surface area contributed by atoms with Crippen LogP contribution in [0.25, 0.3) is 0 Å². The van der Waals surface area contributed by atoms with E-state index in [9.17, 15) is 19.8 Å². The quantitative estimate of drug-likeness (QED) is 0.299. The first-order chi connectivity index (χ1) is 16.3. The number of benzene rings is 2. The van der Waals surface area contributed by atoms with Crippen LogP contribution < -0.4 is 23.0 Å². The molecule has 198 valence electrons. The van der Waals surface area contributed by atoms with Crippen LogP contribution in [0.4, 0.5) is 11.4 Å². The zero-order valence-corrected chi connectivity index (χ0v) is 23.7. The first kappa shape index (κ1) is 30.6. The van der Waals surface area contributed by atoms with Gasteiger partial charge in [-0.1, -0.05) is 46.4 Å². The molecule has 1 heterocycles. The van der Waals surface area contributed by atoms with Crippen LogP contribution in [0.5, 0.6) is 11.5 Å². The van der Waals surface area contributed by atoms with Crippen molar-refractivity contribution >= 4 is 69.6 Å². The number of piperazine rings is 1. The molecule has 2 amide bonds. The van der Waals surface area contributed by atoms with Gasteiger partial charge in [-0.3, -0.25) is 14.5 Å². The maximum atomic E-state index is 12.7. The minimum Gasteiger partial charge on any atom is -1.00 e. The van der Waals surface area contributed by atoms with E-state index in [1.165, 1.54) is 12.1 Å². The molecule has 2 aromatic rings. The van der Waals surface area contributed by atoms with E-state index in [2.05, 4.69) is 10.6 Å². The number of carbonyl (C=O) groups excluding carboxylic acids is 2. The lowest BCUT2D eigenvalue weighted by Crippen LogP contribution is -3.00. The van der Waals surface area contributed by atoms with Gasteiger partial charge in [-0.2, -0.15) is 0 Å². The maximum absolute atomic E-state index is 12.7. The van der Waals surface area contributed by atoms with Crippen LogP contribution in [0.15, 0.2) is 12.1 Å². The predicted octanol–water partition coefficient (Wildman–Crippen LogP) is 1.67. The van der Waals surface area contributed by atoms with E-state index < -0.39 is 0 Å². The smallest absolute Gasteiger partial charge is 0.279 e. The monoisotopic (exact) mass is 598 g/mol. The molecule has 1 saturated heterocycles. The average Bonchev–Trinajstić information content (AvgIpc) is 2.79. The molecule has 0 aromatic heterocycles. The molecular formula is C23H27Cl5N4O4. The van der Waals surface area contributed by atoms with Crippen molar-refractivity contribution in [2.45, 2.75) is 13.8 Å². The van der Waals surface area contributed by atoms with Gasteiger partial charge in [0.15, 0.2) is 18.0 Å². The Labute approximate surface area is 236 Å². The molecule has 3 rings (SSSR count). The van der Waals surface area contributed by atoms with Gasteiger partial charge in [0.25, 0.3) is 5.91 Å². The SMILES string of the molecule is Cc1c(Cl)cc(NC(=O)CN2CC[N+](C)(CC(=O)Nc3cc(Cl)c(C)c(Cl)c3O)CC2)c(O)c1Cl.[Cl-]. The fourth-order valence-corrected chi connectivity index (χ4v) is 4.74. The molecule has 1 aliphatic heterocycles. The Morgan fingerprint density at radius 2 is 1.31 bits per heavy atom. The number of phenols is 2. The predicted molar refractivity (Wildman–Crippen MR) is 140 cm³/mol. The van der Waals surface area contributed by atoms with E-state index in [4.69, 9.17) is 46.4 Å².